The zero-order chi connectivity index (χ0) is 11.1. The molecule has 1 heterocycles. The van der Waals surface area contributed by atoms with Gasteiger partial charge >= 0.3 is 5.97 Å². The molecule has 1 aliphatic rings. The highest BCUT2D eigenvalue weighted by Gasteiger charge is 2.25. The summed E-state index contributed by atoms with van der Waals surface area (Å²) in [5.41, 5.74) is 0. The van der Waals surface area contributed by atoms with E-state index in [1.54, 1.807) is 0 Å². The molecule has 4 heteroatoms. The Labute approximate surface area is 91.5 Å². The predicted molar refractivity (Wildman–Crippen MR) is 57.7 cm³/mol. The lowest BCUT2D eigenvalue weighted by atomic mass is 9.98. The SMILES string of the molecule is CCOCCN1CCC[C@H](C(=O)OC)C1. The summed E-state index contributed by atoms with van der Waals surface area (Å²) in [6.07, 6.45) is 2.03. The summed E-state index contributed by atoms with van der Waals surface area (Å²) in [7, 11) is 1.46. The Morgan fingerprint density at radius 1 is 1.53 bits per heavy atom. The molecule has 4 nitrogen and oxygen atoms in total. The molecule has 0 aromatic carbocycles. The van der Waals surface area contributed by atoms with Gasteiger partial charge in [-0.2, -0.15) is 0 Å². The summed E-state index contributed by atoms with van der Waals surface area (Å²) in [5, 5.41) is 0. The highest BCUT2D eigenvalue weighted by Crippen LogP contribution is 2.17. The molecule has 0 radical (unpaired) electrons. The number of hydrogen-bond acceptors (Lipinski definition) is 4. The molecule has 1 fully saturated rings. The monoisotopic (exact) mass is 215 g/mol. The molecule has 1 rings (SSSR count). The molecule has 88 valence electrons. The number of rotatable bonds is 5. The van der Waals surface area contributed by atoms with E-state index >= 15 is 0 Å². The number of carbonyl (C=O) groups is 1. The van der Waals surface area contributed by atoms with E-state index in [4.69, 9.17) is 9.47 Å². The second-order valence-electron chi connectivity index (χ2n) is 3.86. The average Bonchev–Trinajstić information content (AvgIpc) is 2.29. The lowest BCUT2D eigenvalue weighted by molar-refractivity contribution is -0.147. The highest BCUT2D eigenvalue weighted by molar-refractivity contribution is 5.72. The third-order valence-corrected chi connectivity index (χ3v) is 2.80. The molecule has 1 atom stereocenters. The molecule has 0 spiro atoms. The van der Waals surface area contributed by atoms with E-state index in [0.717, 1.165) is 45.7 Å². The van der Waals surface area contributed by atoms with Gasteiger partial charge in [0.1, 0.15) is 0 Å². The summed E-state index contributed by atoms with van der Waals surface area (Å²) >= 11 is 0. The van der Waals surface area contributed by atoms with Crippen molar-refractivity contribution in [3.63, 3.8) is 0 Å². The van der Waals surface area contributed by atoms with Crippen molar-refractivity contribution in [3.05, 3.63) is 0 Å². The smallest absolute Gasteiger partial charge is 0.309 e. The molecule has 0 aromatic heterocycles. The van der Waals surface area contributed by atoms with Crippen LogP contribution in [0.1, 0.15) is 19.8 Å². The van der Waals surface area contributed by atoms with Gasteiger partial charge in [0.15, 0.2) is 0 Å². The van der Waals surface area contributed by atoms with Gasteiger partial charge in [-0.25, -0.2) is 0 Å². The number of methoxy groups -OCH3 is 1. The van der Waals surface area contributed by atoms with Crippen molar-refractivity contribution >= 4 is 5.97 Å². The van der Waals surface area contributed by atoms with Gasteiger partial charge in [0, 0.05) is 19.7 Å². The third-order valence-electron chi connectivity index (χ3n) is 2.80. The van der Waals surface area contributed by atoms with Crippen LogP contribution in [-0.4, -0.2) is 50.8 Å². The number of esters is 1. The Hall–Kier alpha value is -0.610. The quantitative estimate of drug-likeness (QED) is 0.505. The van der Waals surface area contributed by atoms with E-state index in [2.05, 4.69) is 4.90 Å². The Kier molecular flexibility index (Phi) is 5.65. The van der Waals surface area contributed by atoms with Crippen molar-refractivity contribution in [2.75, 3.05) is 40.0 Å². The molecular weight excluding hydrogens is 194 g/mol. The van der Waals surface area contributed by atoms with Crippen molar-refractivity contribution in [1.29, 1.82) is 0 Å². The van der Waals surface area contributed by atoms with Crippen molar-refractivity contribution in [1.82, 2.24) is 4.90 Å². The van der Waals surface area contributed by atoms with E-state index in [0.29, 0.717) is 0 Å². The fourth-order valence-electron chi connectivity index (χ4n) is 1.96. The van der Waals surface area contributed by atoms with Crippen LogP contribution in [0.2, 0.25) is 0 Å². The van der Waals surface area contributed by atoms with Crippen LogP contribution in [-0.2, 0) is 14.3 Å². The molecule has 0 aromatic rings. The lowest BCUT2D eigenvalue weighted by Gasteiger charge is -2.30. The Morgan fingerprint density at radius 2 is 2.33 bits per heavy atom. The van der Waals surface area contributed by atoms with Crippen molar-refractivity contribution < 1.29 is 14.3 Å². The molecule has 0 unspecified atom stereocenters. The molecule has 1 saturated heterocycles. The highest BCUT2D eigenvalue weighted by atomic mass is 16.5. The molecular formula is C11H21NO3. The third kappa shape index (κ3) is 4.18. The van der Waals surface area contributed by atoms with E-state index in [-0.39, 0.29) is 11.9 Å². The predicted octanol–water partition coefficient (Wildman–Crippen LogP) is 0.908. The van der Waals surface area contributed by atoms with Gasteiger partial charge in [-0.05, 0) is 26.3 Å². The normalized spacial score (nSPS) is 22.7. The molecule has 1 aliphatic heterocycles. The molecule has 0 amide bonds. The maximum Gasteiger partial charge on any atom is 0.309 e. The van der Waals surface area contributed by atoms with E-state index < -0.39 is 0 Å². The summed E-state index contributed by atoms with van der Waals surface area (Å²) in [4.78, 5) is 13.6. The molecule has 0 saturated carbocycles. The molecule has 0 bridgehead atoms. The van der Waals surface area contributed by atoms with Crippen LogP contribution < -0.4 is 0 Å². The van der Waals surface area contributed by atoms with Crippen LogP contribution in [0.15, 0.2) is 0 Å². The van der Waals surface area contributed by atoms with Crippen LogP contribution in [0.4, 0.5) is 0 Å². The summed E-state index contributed by atoms with van der Waals surface area (Å²) in [6, 6.07) is 0. The van der Waals surface area contributed by atoms with Crippen LogP contribution in [0.3, 0.4) is 0 Å². The maximum absolute atomic E-state index is 11.4. The minimum Gasteiger partial charge on any atom is -0.469 e. The van der Waals surface area contributed by atoms with Crippen LogP contribution >= 0.6 is 0 Å². The maximum atomic E-state index is 11.4. The first-order chi connectivity index (χ1) is 7.27. The number of piperidine rings is 1. The number of ether oxygens (including phenoxy) is 2. The fraction of sp³-hybridized carbons (Fsp3) is 0.909. The van der Waals surface area contributed by atoms with Gasteiger partial charge in [0.2, 0.25) is 0 Å². The number of hydrogen-bond donors (Lipinski definition) is 0. The van der Waals surface area contributed by atoms with E-state index in [1.165, 1.54) is 7.11 Å². The first-order valence-corrected chi connectivity index (χ1v) is 5.65. The first kappa shape index (κ1) is 12.5. The zero-order valence-corrected chi connectivity index (χ0v) is 9.70. The van der Waals surface area contributed by atoms with Gasteiger partial charge in [0.05, 0.1) is 19.6 Å². The standard InChI is InChI=1S/C11H21NO3/c1-3-15-8-7-12-6-4-5-10(9-12)11(13)14-2/h10H,3-9H2,1-2H3/t10-/m0/s1. The Balaban J connectivity index is 2.26. The van der Waals surface area contributed by atoms with Gasteiger partial charge < -0.3 is 14.4 Å². The van der Waals surface area contributed by atoms with Crippen LogP contribution in [0.25, 0.3) is 0 Å². The van der Waals surface area contributed by atoms with Crippen molar-refractivity contribution in [3.8, 4) is 0 Å². The fourth-order valence-corrected chi connectivity index (χ4v) is 1.96. The van der Waals surface area contributed by atoms with Gasteiger partial charge in [-0.3, -0.25) is 4.79 Å². The van der Waals surface area contributed by atoms with E-state index in [9.17, 15) is 4.79 Å². The minimum atomic E-state index is -0.0730. The zero-order valence-electron chi connectivity index (χ0n) is 9.70. The molecule has 0 aliphatic carbocycles. The van der Waals surface area contributed by atoms with Gasteiger partial charge in [0.25, 0.3) is 0 Å². The number of nitrogens with zero attached hydrogens (tertiary/aromatic N) is 1. The topological polar surface area (TPSA) is 38.8 Å². The Bertz CT molecular complexity index is 196. The number of carbonyl (C=O) groups excluding carboxylic acids is 1. The van der Waals surface area contributed by atoms with Crippen molar-refractivity contribution in [2.24, 2.45) is 5.92 Å². The molecule has 15 heavy (non-hydrogen) atoms. The number of likely N-dealkylation sites (tertiary alicyclic amines) is 1. The summed E-state index contributed by atoms with van der Waals surface area (Å²) < 4.78 is 10.1. The van der Waals surface area contributed by atoms with Crippen molar-refractivity contribution in [2.45, 2.75) is 19.8 Å². The second kappa shape index (κ2) is 6.80. The summed E-state index contributed by atoms with van der Waals surface area (Å²) in [5.74, 6) is -0.0125. The van der Waals surface area contributed by atoms with Gasteiger partial charge in [-0.15, -0.1) is 0 Å². The second-order valence-corrected chi connectivity index (χ2v) is 3.86. The Morgan fingerprint density at radius 3 is 3.00 bits per heavy atom. The minimum absolute atomic E-state index is 0.0605. The van der Waals surface area contributed by atoms with Gasteiger partial charge in [-0.1, -0.05) is 0 Å². The average molecular weight is 215 g/mol. The molecule has 0 N–H and O–H groups in total. The lowest BCUT2D eigenvalue weighted by Crippen LogP contribution is -2.40. The van der Waals surface area contributed by atoms with Crippen LogP contribution in [0, 0.1) is 5.92 Å². The summed E-state index contributed by atoms with van der Waals surface area (Å²) in [6.45, 7) is 6.31. The van der Waals surface area contributed by atoms with E-state index in [1.807, 2.05) is 6.92 Å². The van der Waals surface area contributed by atoms with Crippen LogP contribution in [0.5, 0.6) is 0 Å². The first-order valence-electron chi connectivity index (χ1n) is 5.65. The largest absolute Gasteiger partial charge is 0.469 e.